The van der Waals surface area contributed by atoms with Gasteiger partial charge in [0, 0.05) is 12.1 Å². The molecular weight excluding hydrogens is 416 g/mol. The minimum absolute atomic E-state index is 0.0694. The number of aliphatic hydroxyl groups is 1. The van der Waals surface area contributed by atoms with E-state index in [1.807, 2.05) is 50.2 Å². The largest absolute Gasteiger partial charge is 0.507 e. The van der Waals surface area contributed by atoms with Crippen molar-refractivity contribution in [3.05, 3.63) is 69.8 Å². The maximum absolute atomic E-state index is 13.0. The summed E-state index contributed by atoms with van der Waals surface area (Å²) >= 11 is 6.22. The van der Waals surface area contributed by atoms with Crippen LogP contribution in [0, 0.1) is 6.92 Å². The number of halogens is 1. The first kappa shape index (κ1) is 22.8. The molecule has 0 aliphatic carbocycles. The molecule has 6 nitrogen and oxygen atoms in total. The Morgan fingerprint density at radius 1 is 1.16 bits per heavy atom. The fourth-order valence-electron chi connectivity index (χ4n) is 3.73. The average Bonchev–Trinajstić information content (AvgIpc) is 2.98. The molecule has 0 unspecified atom stereocenters. The quantitative estimate of drug-likeness (QED) is 0.398. The molecule has 0 spiro atoms. The zero-order valence-corrected chi connectivity index (χ0v) is 18.9. The number of carbonyl (C=O) groups is 2. The number of ketones is 1. The van der Waals surface area contributed by atoms with E-state index in [0.29, 0.717) is 29.3 Å². The molecule has 1 atom stereocenters. The molecule has 1 aliphatic rings. The number of ether oxygens (including phenoxy) is 1. The highest BCUT2D eigenvalue weighted by Crippen LogP contribution is 2.40. The van der Waals surface area contributed by atoms with Gasteiger partial charge in [0.15, 0.2) is 0 Å². The minimum atomic E-state index is -0.695. The third kappa shape index (κ3) is 4.75. The van der Waals surface area contributed by atoms with Gasteiger partial charge in [-0.15, -0.1) is 0 Å². The van der Waals surface area contributed by atoms with E-state index in [1.54, 1.807) is 17.0 Å². The van der Waals surface area contributed by atoms with Gasteiger partial charge in [0.25, 0.3) is 11.7 Å². The zero-order chi connectivity index (χ0) is 22.7. The predicted octanol–water partition coefficient (Wildman–Crippen LogP) is 4.03. The summed E-state index contributed by atoms with van der Waals surface area (Å²) in [5.74, 6) is -1.09. The van der Waals surface area contributed by atoms with E-state index < -0.39 is 17.7 Å². The first-order valence-corrected chi connectivity index (χ1v) is 10.5. The summed E-state index contributed by atoms with van der Waals surface area (Å²) in [5.41, 5.74) is 2.26. The molecule has 1 fully saturated rings. The van der Waals surface area contributed by atoms with Crippen LogP contribution in [0.1, 0.15) is 29.2 Å². The summed E-state index contributed by atoms with van der Waals surface area (Å²) in [5, 5.41) is 11.4. The molecule has 1 amide bonds. The minimum Gasteiger partial charge on any atom is -0.507 e. The van der Waals surface area contributed by atoms with Crippen LogP contribution in [0.5, 0.6) is 5.75 Å². The number of aryl methyl sites for hydroxylation is 1. The molecular formula is C24H27ClN2O4. The smallest absolute Gasteiger partial charge is 0.295 e. The molecule has 0 saturated carbocycles. The third-order valence-electron chi connectivity index (χ3n) is 5.36. The molecule has 1 N–H and O–H groups in total. The Kier molecular flexibility index (Phi) is 7.03. The Balaban J connectivity index is 2.10. The first-order chi connectivity index (χ1) is 14.7. The number of likely N-dealkylation sites (tertiary alicyclic amines) is 1. The van der Waals surface area contributed by atoms with E-state index in [9.17, 15) is 14.7 Å². The SMILES string of the molecule is COc1ccc(/C(O)=C2\C(=O)C(=O)N(CCCN(C)C)[C@H]2c2ccc(C)cc2)cc1Cl. The van der Waals surface area contributed by atoms with Crippen molar-refractivity contribution in [2.24, 2.45) is 0 Å². The number of hydrogen-bond acceptors (Lipinski definition) is 5. The van der Waals surface area contributed by atoms with Gasteiger partial charge in [-0.25, -0.2) is 0 Å². The van der Waals surface area contributed by atoms with Gasteiger partial charge >= 0.3 is 0 Å². The van der Waals surface area contributed by atoms with Gasteiger partial charge in [0.2, 0.25) is 0 Å². The third-order valence-corrected chi connectivity index (χ3v) is 5.66. The molecule has 0 aromatic heterocycles. The van der Waals surface area contributed by atoms with Gasteiger partial charge in [-0.3, -0.25) is 9.59 Å². The van der Waals surface area contributed by atoms with Crippen molar-refractivity contribution in [2.75, 3.05) is 34.3 Å². The molecule has 1 heterocycles. The second kappa shape index (κ2) is 9.54. The summed E-state index contributed by atoms with van der Waals surface area (Å²) in [6.07, 6.45) is 0.705. The van der Waals surface area contributed by atoms with Crippen molar-refractivity contribution < 1.29 is 19.4 Å². The molecule has 1 aliphatic heterocycles. The van der Waals surface area contributed by atoms with Crippen LogP contribution in [0.25, 0.3) is 5.76 Å². The summed E-state index contributed by atoms with van der Waals surface area (Å²) in [4.78, 5) is 29.5. The highest BCUT2D eigenvalue weighted by molar-refractivity contribution is 6.46. The zero-order valence-electron chi connectivity index (χ0n) is 18.2. The van der Waals surface area contributed by atoms with Gasteiger partial charge < -0.3 is 19.6 Å². The topological polar surface area (TPSA) is 70.1 Å². The Bertz CT molecular complexity index is 1010. The summed E-state index contributed by atoms with van der Waals surface area (Å²) in [7, 11) is 5.41. The predicted molar refractivity (Wildman–Crippen MR) is 121 cm³/mol. The van der Waals surface area contributed by atoms with Crippen molar-refractivity contribution in [1.82, 2.24) is 9.80 Å². The standard InChI is InChI=1S/C24H27ClN2O4/c1-15-6-8-16(9-7-15)21-20(22(28)17-10-11-19(31-4)18(25)14-17)23(29)24(30)27(21)13-5-12-26(2)3/h6-11,14,21,28H,5,12-13H2,1-4H3/b22-20+/t21-/m0/s1. The van der Waals surface area contributed by atoms with Crippen molar-refractivity contribution >= 4 is 29.1 Å². The van der Waals surface area contributed by atoms with Crippen LogP contribution in [0.2, 0.25) is 5.02 Å². The van der Waals surface area contributed by atoms with Crippen molar-refractivity contribution in [3.63, 3.8) is 0 Å². The number of benzene rings is 2. The Morgan fingerprint density at radius 3 is 2.42 bits per heavy atom. The fourth-order valence-corrected chi connectivity index (χ4v) is 3.99. The van der Waals surface area contributed by atoms with E-state index in [1.165, 1.54) is 13.2 Å². The van der Waals surface area contributed by atoms with Gasteiger partial charge in [-0.05, 0) is 57.7 Å². The fraction of sp³-hybridized carbons (Fsp3) is 0.333. The molecule has 7 heteroatoms. The number of aliphatic hydroxyl groups excluding tert-OH is 1. The number of methoxy groups -OCH3 is 1. The van der Waals surface area contributed by atoms with Crippen molar-refractivity contribution in [2.45, 2.75) is 19.4 Å². The highest BCUT2D eigenvalue weighted by atomic mass is 35.5. The van der Waals surface area contributed by atoms with Crippen LogP contribution >= 0.6 is 11.6 Å². The monoisotopic (exact) mass is 442 g/mol. The van der Waals surface area contributed by atoms with Crippen molar-refractivity contribution in [3.8, 4) is 5.75 Å². The lowest BCUT2D eigenvalue weighted by molar-refractivity contribution is -0.139. The number of hydrogen-bond donors (Lipinski definition) is 1. The van der Waals surface area contributed by atoms with Crippen LogP contribution in [0.4, 0.5) is 0 Å². The first-order valence-electron chi connectivity index (χ1n) is 10.1. The van der Waals surface area contributed by atoms with Gasteiger partial charge in [0.1, 0.15) is 11.5 Å². The second-order valence-electron chi connectivity index (χ2n) is 7.91. The van der Waals surface area contributed by atoms with Crippen LogP contribution in [0.3, 0.4) is 0 Å². The molecule has 0 bridgehead atoms. The molecule has 1 saturated heterocycles. The van der Waals surface area contributed by atoms with E-state index >= 15 is 0 Å². The Morgan fingerprint density at radius 2 is 1.84 bits per heavy atom. The molecule has 2 aromatic rings. The normalized spacial score (nSPS) is 18.1. The number of amides is 1. The lowest BCUT2D eigenvalue weighted by Crippen LogP contribution is -2.32. The number of rotatable bonds is 7. The lowest BCUT2D eigenvalue weighted by Gasteiger charge is -2.26. The Labute approximate surface area is 187 Å². The molecule has 3 rings (SSSR count). The van der Waals surface area contributed by atoms with Gasteiger partial charge in [-0.1, -0.05) is 41.4 Å². The van der Waals surface area contributed by atoms with Crippen LogP contribution < -0.4 is 4.74 Å². The summed E-state index contributed by atoms with van der Waals surface area (Å²) in [6.45, 7) is 3.15. The maximum atomic E-state index is 13.0. The second-order valence-corrected chi connectivity index (χ2v) is 8.32. The molecule has 31 heavy (non-hydrogen) atoms. The highest BCUT2D eigenvalue weighted by Gasteiger charge is 2.45. The van der Waals surface area contributed by atoms with Gasteiger partial charge in [-0.2, -0.15) is 0 Å². The summed E-state index contributed by atoms with van der Waals surface area (Å²) < 4.78 is 5.16. The Hall–Kier alpha value is -2.83. The molecule has 0 radical (unpaired) electrons. The number of Topliss-reactive ketones (excluding diaryl/α,β-unsaturated/α-hetero) is 1. The van der Waals surface area contributed by atoms with E-state index in [-0.39, 0.29) is 11.3 Å². The number of carbonyl (C=O) groups excluding carboxylic acids is 2. The van der Waals surface area contributed by atoms with E-state index in [2.05, 4.69) is 0 Å². The van der Waals surface area contributed by atoms with Crippen LogP contribution in [-0.2, 0) is 9.59 Å². The van der Waals surface area contributed by atoms with Crippen LogP contribution in [0.15, 0.2) is 48.0 Å². The lowest BCUT2D eigenvalue weighted by atomic mass is 9.94. The van der Waals surface area contributed by atoms with Crippen LogP contribution in [-0.4, -0.2) is 60.9 Å². The number of nitrogens with zero attached hydrogens (tertiary/aromatic N) is 2. The van der Waals surface area contributed by atoms with E-state index in [0.717, 1.165) is 17.7 Å². The maximum Gasteiger partial charge on any atom is 0.295 e. The molecule has 164 valence electrons. The summed E-state index contributed by atoms with van der Waals surface area (Å²) in [6, 6.07) is 11.7. The van der Waals surface area contributed by atoms with Gasteiger partial charge in [0.05, 0.1) is 23.7 Å². The molecule has 2 aromatic carbocycles. The average molecular weight is 443 g/mol. The van der Waals surface area contributed by atoms with E-state index in [4.69, 9.17) is 16.3 Å². The van der Waals surface area contributed by atoms with Crippen molar-refractivity contribution in [1.29, 1.82) is 0 Å².